The molecule has 0 aliphatic carbocycles. The lowest BCUT2D eigenvalue weighted by Gasteiger charge is -2.43. The SMILES string of the molecule is COC(=O)NC1CN(C2(c3ccccc3)C(C(C)C(N)=O)OC(=O)N2F)CC1C. The second-order valence-corrected chi connectivity index (χ2v) is 7.49. The first-order valence-corrected chi connectivity index (χ1v) is 9.34. The highest BCUT2D eigenvalue weighted by Crippen LogP contribution is 2.47. The lowest BCUT2D eigenvalue weighted by molar-refractivity contribution is -0.147. The molecule has 2 aliphatic rings. The van der Waals surface area contributed by atoms with Gasteiger partial charge in [-0.3, -0.25) is 9.69 Å². The Hall–Kier alpha value is -2.88. The topological polar surface area (TPSA) is 114 Å². The Balaban J connectivity index is 2.09. The molecule has 5 unspecified atom stereocenters. The molecule has 0 aromatic heterocycles. The van der Waals surface area contributed by atoms with Crippen LogP contribution in [-0.2, 0) is 19.9 Å². The minimum absolute atomic E-state index is 0.0275. The summed E-state index contributed by atoms with van der Waals surface area (Å²) >= 11 is 0. The minimum atomic E-state index is -1.70. The summed E-state index contributed by atoms with van der Waals surface area (Å²) in [5.41, 5.74) is 4.22. The summed E-state index contributed by atoms with van der Waals surface area (Å²) in [5, 5.41) is 2.76. The number of alkyl carbamates (subject to hydrolysis) is 1. The van der Waals surface area contributed by atoms with Gasteiger partial charge in [-0.15, -0.1) is 5.12 Å². The van der Waals surface area contributed by atoms with Crippen LogP contribution < -0.4 is 11.1 Å². The number of benzene rings is 1. The van der Waals surface area contributed by atoms with Crippen LogP contribution in [0.25, 0.3) is 0 Å². The quantitative estimate of drug-likeness (QED) is 0.711. The lowest BCUT2D eigenvalue weighted by atomic mass is 9.85. The van der Waals surface area contributed by atoms with Crippen LogP contribution >= 0.6 is 0 Å². The van der Waals surface area contributed by atoms with Gasteiger partial charge < -0.3 is 20.5 Å². The number of hydrogen-bond donors (Lipinski definition) is 2. The summed E-state index contributed by atoms with van der Waals surface area (Å²) in [5.74, 6) is -1.75. The number of amides is 3. The van der Waals surface area contributed by atoms with E-state index in [1.165, 1.54) is 14.0 Å². The van der Waals surface area contributed by atoms with E-state index in [-0.39, 0.29) is 23.6 Å². The van der Waals surface area contributed by atoms with Crippen LogP contribution in [0.1, 0.15) is 19.4 Å². The largest absolute Gasteiger partial charge is 0.453 e. The van der Waals surface area contributed by atoms with Gasteiger partial charge in [0.1, 0.15) is 0 Å². The van der Waals surface area contributed by atoms with Gasteiger partial charge in [0, 0.05) is 19.1 Å². The van der Waals surface area contributed by atoms with E-state index in [1.54, 1.807) is 35.2 Å². The zero-order valence-corrected chi connectivity index (χ0v) is 16.5. The number of rotatable bonds is 5. The summed E-state index contributed by atoms with van der Waals surface area (Å²) in [4.78, 5) is 37.7. The van der Waals surface area contributed by atoms with Gasteiger partial charge in [-0.1, -0.05) is 41.7 Å². The first-order valence-electron chi connectivity index (χ1n) is 9.34. The van der Waals surface area contributed by atoms with E-state index in [9.17, 15) is 14.4 Å². The Morgan fingerprint density at radius 3 is 2.59 bits per heavy atom. The Morgan fingerprint density at radius 1 is 1.34 bits per heavy atom. The minimum Gasteiger partial charge on any atom is -0.453 e. The first kappa shape index (κ1) is 20.8. The molecule has 2 aliphatic heterocycles. The van der Waals surface area contributed by atoms with Crippen LogP contribution in [0.5, 0.6) is 0 Å². The van der Waals surface area contributed by atoms with Crippen molar-refractivity contribution in [3.8, 4) is 0 Å². The van der Waals surface area contributed by atoms with Crippen molar-refractivity contribution in [2.75, 3.05) is 20.2 Å². The molecule has 0 spiro atoms. The maximum Gasteiger partial charge on any atom is 0.440 e. The van der Waals surface area contributed by atoms with E-state index in [2.05, 4.69) is 10.1 Å². The first-order chi connectivity index (χ1) is 13.7. The normalized spacial score (nSPS) is 30.7. The fourth-order valence-electron chi connectivity index (χ4n) is 4.18. The van der Waals surface area contributed by atoms with Gasteiger partial charge in [-0.2, -0.15) is 0 Å². The molecule has 2 fully saturated rings. The highest BCUT2D eigenvalue weighted by molar-refractivity contribution is 5.79. The molecule has 3 N–H and O–H groups in total. The van der Waals surface area contributed by atoms with Crippen LogP contribution in [0.2, 0.25) is 0 Å². The number of ether oxygens (including phenoxy) is 2. The van der Waals surface area contributed by atoms with Crippen molar-refractivity contribution in [1.29, 1.82) is 0 Å². The van der Waals surface area contributed by atoms with Gasteiger partial charge >= 0.3 is 12.2 Å². The van der Waals surface area contributed by atoms with Gasteiger partial charge in [0.15, 0.2) is 11.8 Å². The van der Waals surface area contributed by atoms with Crippen molar-refractivity contribution in [3.63, 3.8) is 0 Å². The van der Waals surface area contributed by atoms with Crippen LogP contribution in [0.3, 0.4) is 0 Å². The van der Waals surface area contributed by atoms with Gasteiger partial charge in [-0.25, -0.2) is 9.59 Å². The third-order valence-electron chi connectivity index (χ3n) is 5.77. The molecule has 1 aromatic carbocycles. The van der Waals surface area contributed by atoms with Crippen molar-refractivity contribution >= 4 is 18.1 Å². The molecule has 3 rings (SSSR count). The number of likely N-dealkylation sites (tertiary alicyclic amines) is 1. The number of nitrogens with one attached hydrogen (secondary N) is 1. The van der Waals surface area contributed by atoms with Crippen molar-refractivity contribution in [2.24, 2.45) is 17.6 Å². The van der Waals surface area contributed by atoms with Gasteiger partial charge in [0.05, 0.1) is 13.0 Å². The fraction of sp³-hybridized carbons (Fsp3) is 0.526. The predicted molar refractivity (Wildman–Crippen MR) is 99.8 cm³/mol. The third-order valence-corrected chi connectivity index (χ3v) is 5.77. The van der Waals surface area contributed by atoms with Crippen molar-refractivity contribution < 1.29 is 28.3 Å². The molecule has 9 nitrogen and oxygen atoms in total. The van der Waals surface area contributed by atoms with Crippen molar-refractivity contribution in [2.45, 2.75) is 31.7 Å². The second-order valence-electron chi connectivity index (χ2n) is 7.49. The average Bonchev–Trinajstić information content (AvgIpc) is 3.19. The molecule has 2 heterocycles. The second kappa shape index (κ2) is 7.86. The molecule has 0 saturated carbocycles. The summed E-state index contributed by atoms with van der Waals surface area (Å²) < 4.78 is 25.5. The molecule has 5 atom stereocenters. The maximum absolute atomic E-state index is 15.5. The van der Waals surface area contributed by atoms with Crippen LogP contribution in [0.4, 0.5) is 14.1 Å². The lowest BCUT2D eigenvalue weighted by Crippen LogP contribution is -2.60. The van der Waals surface area contributed by atoms with E-state index in [0.717, 1.165) is 0 Å². The van der Waals surface area contributed by atoms with E-state index < -0.39 is 35.8 Å². The standard InChI is InChI=1S/C19H25FN4O5/c1-11-9-23(10-14(11)22-17(26)28-3)19(13-7-5-4-6-8-13)15(12(2)16(21)25)29-18(27)24(19)20/h4-8,11-12,14-15H,9-10H2,1-3H3,(H2,21,25)(H,22,26). The monoisotopic (exact) mass is 408 g/mol. The Bertz CT molecular complexity index is 794. The fourth-order valence-corrected chi connectivity index (χ4v) is 4.18. The number of nitrogens with two attached hydrogens (primary N) is 1. The zero-order valence-electron chi connectivity index (χ0n) is 16.5. The highest BCUT2D eigenvalue weighted by atomic mass is 19.2. The molecule has 0 bridgehead atoms. The number of halogens is 1. The van der Waals surface area contributed by atoms with E-state index in [4.69, 9.17) is 10.5 Å². The number of cyclic esters (lactones) is 1. The highest BCUT2D eigenvalue weighted by Gasteiger charge is 2.65. The average molecular weight is 408 g/mol. The number of primary amides is 1. The van der Waals surface area contributed by atoms with Crippen LogP contribution in [0, 0.1) is 11.8 Å². The summed E-state index contributed by atoms with van der Waals surface area (Å²) in [6.45, 7) is 3.94. The Morgan fingerprint density at radius 2 is 2.00 bits per heavy atom. The van der Waals surface area contributed by atoms with Crippen molar-refractivity contribution in [1.82, 2.24) is 15.3 Å². The van der Waals surface area contributed by atoms with Gasteiger partial charge in [-0.05, 0) is 18.4 Å². The van der Waals surface area contributed by atoms with E-state index in [1.807, 2.05) is 6.92 Å². The number of hydrogen-bond acceptors (Lipinski definition) is 6. The van der Waals surface area contributed by atoms with Crippen molar-refractivity contribution in [3.05, 3.63) is 35.9 Å². The van der Waals surface area contributed by atoms with Crippen LogP contribution in [0.15, 0.2) is 30.3 Å². The smallest absolute Gasteiger partial charge is 0.440 e. The van der Waals surface area contributed by atoms with E-state index in [0.29, 0.717) is 12.1 Å². The molecule has 2 saturated heterocycles. The molecule has 10 heteroatoms. The van der Waals surface area contributed by atoms with Gasteiger partial charge in [0.2, 0.25) is 5.91 Å². The molecule has 158 valence electrons. The number of nitrogens with zero attached hydrogens (tertiary/aromatic N) is 2. The summed E-state index contributed by atoms with van der Waals surface area (Å²) in [7, 11) is 1.26. The number of carbonyl (C=O) groups is 3. The number of methoxy groups -OCH3 is 1. The molecule has 0 radical (unpaired) electrons. The summed E-state index contributed by atoms with van der Waals surface area (Å²) in [6, 6.07) is 8.17. The molecular weight excluding hydrogens is 383 g/mol. The molecule has 29 heavy (non-hydrogen) atoms. The summed E-state index contributed by atoms with van der Waals surface area (Å²) in [6.07, 6.45) is -2.97. The van der Waals surface area contributed by atoms with Crippen LogP contribution in [-0.4, -0.2) is 60.5 Å². The molecular formula is C19H25FN4O5. The van der Waals surface area contributed by atoms with Gasteiger partial charge in [0.25, 0.3) is 0 Å². The molecule has 1 aromatic rings. The predicted octanol–water partition coefficient (Wildman–Crippen LogP) is 1.34. The zero-order chi connectivity index (χ0) is 21.3. The number of carbonyl (C=O) groups excluding carboxylic acids is 3. The van der Waals surface area contributed by atoms with E-state index >= 15 is 4.48 Å². The molecule has 3 amide bonds. The third kappa shape index (κ3) is 3.37. The Kier molecular flexibility index (Phi) is 5.65. The Labute approximate surface area is 167 Å². The maximum atomic E-state index is 15.5.